The van der Waals surface area contributed by atoms with Crippen LogP contribution in [0.2, 0.25) is 0 Å². The number of allylic oxidation sites excluding steroid dienone is 2. The van der Waals surface area contributed by atoms with Crippen LogP contribution >= 0.6 is 0 Å². The lowest BCUT2D eigenvalue weighted by molar-refractivity contribution is -0.148. The van der Waals surface area contributed by atoms with Crippen LogP contribution in [0, 0.1) is 35.0 Å². The lowest BCUT2D eigenvalue weighted by Crippen LogP contribution is -2.50. The molecular formula is C25H37NO2. The highest BCUT2D eigenvalue weighted by molar-refractivity contribution is 5.87. The summed E-state index contributed by atoms with van der Waals surface area (Å²) in [5, 5.41) is 0. The van der Waals surface area contributed by atoms with Gasteiger partial charge in [0.05, 0.1) is 0 Å². The van der Waals surface area contributed by atoms with Gasteiger partial charge in [-0.15, -0.1) is 0 Å². The topological polar surface area (TPSA) is 37.4 Å². The first-order valence-electron chi connectivity index (χ1n) is 12.1. The first-order chi connectivity index (χ1) is 13.7. The number of rotatable bonds is 8. The van der Waals surface area contributed by atoms with E-state index in [0.29, 0.717) is 24.0 Å². The van der Waals surface area contributed by atoms with E-state index in [1.165, 1.54) is 25.7 Å². The summed E-state index contributed by atoms with van der Waals surface area (Å²) in [4.78, 5) is 28.4. The Morgan fingerprint density at radius 1 is 0.964 bits per heavy atom. The van der Waals surface area contributed by atoms with Crippen molar-refractivity contribution in [1.82, 2.24) is 4.90 Å². The Morgan fingerprint density at radius 3 is 2.21 bits per heavy atom. The van der Waals surface area contributed by atoms with Crippen LogP contribution in [0.4, 0.5) is 0 Å². The van der Waals surface area contributed by atoms with E-state index in [1.807, 2.05) is 0 Å². The van der Waals surface area contributed by atoms with E-state index in [0.717, 1.165) is 82.2 Å². The second-order valence-electron chi connectivity index (χ2n) is 10.6. The highest BCUT2D eigenvalue weighted by Gasteiger charge is 2.52. The first-order valence-corrected chi connectivity index (χ1v) is 12.1. The van der Waals surface area contributed by atoms with Crippen LogP contribution in [-0.4, -0.2) is 29.7 Å². The van der Waals surface area contributed by atoms with Crippen LogP contribution < -0.4 is 0 Å². The standard InChI is InChI=1S/C25H37NO2/c27-23(6-2-1-5-21(18-7-8-18)19-9-10-19)25-13-11-20(12-14-25)22(17-25)24(28)26-15-3-4-16-26/h1,5,18-22H,2-4,6-17H2. The number of ketones is 1. The molecule has 3 nitrogen and oxygen atoms in total. The van der Waals surface area contributed by atoms with Crippen molar-refractivity contribution in [2.45, 2.75) is 83.5 Å². The van der Waals surface area contributed by atoms with E-state index in [1.54, 1.807) is 0 Å². The van der Waals surface area contributed by atoms with Gasteiger partial charge in [0.25, 0.3) is 0 Å². The van der Waals surface area contributed by atoms with Gasteiger partial charge in [-0.25, -0.2) is 0 Å². The number of Topliss-reactive ketones (excluding diaryl/α,β-unsaturated/α-hetero) is 1. The molecule has 1 saturated heterocycles. The van der Waals surface area contributed by atoms with Gasteiger partial charge < -0.3 is 4.90 Å². The maximum atomic E-state index is 13.2. The molecule has 5 aliphatic carbocycles. The van der Waals surface area contributed by atoms with E-state index in [9.17, 15) is 9.59 Å². The molecule has 3 heteroatoms. The number of nitrogens with zero attached hydrogens (tertiary/aromatic N) is 1. The third-order valence-corrected chi connectivity index (χ3v) is 8.72. The molecule has 1 heterocycles. The number of hydrogen-bond acceptors (Lipinski definition) is 2. The lowest BCUT2D eigenvalue weighted by atomic mass is 9.54. The predicted molar refractivity (Wildman–Crippen MR) is 111 cm³/mol. The molecule has 6 rings (SSSR count). The summed E-state index contributed by atoms with van der Waals surface area (Å²) in [5.41, 5.74) is -0.172. The van der Waals surface area contributed by atoms with Crippen molar-refractivity contribution in [3.8, 4) is 0 Å². The van der Waals surface area contributed by atoms with Crippen LogP contribution in [-0.2, 0) is 9.59 Å². The molecule has 1 aliphatic heterocycles. The van der Waals surface area contributed by atoms with Gasteiger partial charge in [-0.1, -0.05) is 12.2 Å². The molecule has 0 aromatic carbocycles. The maximum absolute atomic E-state index is 13.2. The Labute approximate surface area is 170 Å². The van der Waals surface area contributed by atoms with Gasteiger partial charge in [0.2, 0.25) is 5.91 Å². The summed E-state index contributed by atoms with van der Waals surface area (Å²) in [6.07, 6.45) is 19.5. The Kier molecular flexibility index (Phi) is 5.13. The summed E-state index contributed by atoms with van der Waals surface area (Å²) in [6, 6.07) is 0. The summed E-state index contributed by atoms with van der Waals surface area (Å²) in [6.45, 7) is 1.88. The molecule has 0 radical (unpaired) electrons. The SMILES string of the molecule is O=C(C1CC2(C(=O)CCC=CC(C3CC3)C3CC3)CCC1CC2)N1CCCC1. The molecule has 6 fully saturated rings. The third-order valence-electron chi connectivity index (χ3n) is 8.72. The molecule has 5 saturated carbocycles. The Hall–Kier alpha value is -1.12. The van der Waals surface area contributed by atoms with Gasteiger partial charge in [-0.3, -0.25) is 9.59 Å². The van der Waals surface area contributed by atoms with Crippen LogP contribution in [0.1, 0.15) is 83.5 Å². The van der Waals surface area contributed by atoms with Crippen molar-refractivity contribution in [3.05, 3.63) is 12.2 Å². The average Bonchev–Trinajstić information content (AvgIpc) is 3.68. The van der Waals surface area contributed by atoms with Gasteiger partial charge in [0, 0.05) is 30.8 Å². The van der Waals surface area contributed by atoms with E-state index in [2.05, 4.69) is 17.1 Å². The quantitative estimate of drug-likeness (QED) is 0.544. The number of hydrogen-bond donors (Lipinski definition) is 0. The van der Waals surface area contributed by atoms with Crippen molar-refractivity contribution in [3.63, 3.8) is 0 Å². The van der Waals surface area contributed by atoms with E-state index in [4.69, 9.17) is 0 Å². The molecular weight excluding hydrogens is 346 g/mol. The third kappa shape index (κ3) is 3.71. The highest BCUT2D eigenvalue weighted by atomic mass is 16.2. The van der Waals surface area contributed by atoms with Gasteiger partial charge in [-0.05, 0) is 101 Å². The largest absolute Gasteiger partial charge is 0.342 e. The van der Waals surface area contributed by atoms with Crippen molar-refractivity contribution >= 4 is 11.7 Å². The number of likely N-dealkylation sites (tertiary alicyclic amines) is 1. The minimum absolute atomic E-state index is 0.134. The van der Waals surface area contributed by atoms with E-state index >= 15 is 0 Å². The number of carbonyl (C=O) groups is 2. The summed E-state index contributed by atoms with van der Waals surface area (Å²) >= 11 is 0. The normalized spacial score (nSPS) is 35.2. The molecule has 0 spiro atoms. The average molecular weight is 384 g/mol. The molecule has 1 unspecified atom stereocenters. The Morgan fingerprint density at radius 2 is 1.61 bits per heavy atom. The molecule has 2 bridgehead atoms. The number of fused-ring (bicyclic) bond motifs is 3. The fourth-order valence-corrected chi connectivity index (χ4v) is 6.63. The monoisotopic (exact) mass is 383 g/mol. The molecule has 1 atom stereocenters. The van der Waals surface area contributed by atoms with Gasteiger partial charge in [0.1, 0.15) is 5.78 Å². The molecule has 6 aliphatic rings. The second kappa shape index (κ2) is 7.61. The lowest BCUT2D eigenvalue weighted by Gasteiger charge is -2.50. The predicted octanol–water partition coefficient (Wildman–Crippen LogP) is 5.15. The van der Waals surface area contributed by atoms with Gasteiger partial charge in [-0.2, -0.15) is 0 Å². The summed E-state index contributed by atoms with van der Waals surface area (Å²) in [5.74, 6) is 4.21. The number of amides is 1. The summed E-state index contributed by atoms with van der Waals surface area (Å²) < 4.78 is 0. The maximum Gasteiger partial charge on any atom is 0.225 e. The highest BCUT2D eigenvalue weighted by Crippen LogP contribution is 2.55. The molecule has 0 aromatic rings. The van der Waals surface area contributed by atoms with Gasteiger partial charge in [0.15, 0.2) is 0 Å². The van der Waals surface area contributed by atoms with Crippen LogP contribution in [0.25, 0.3) is 0 Å². The molecule has 0 N–H and O–H groups in total. The van der Waals surface area contributed by atoms with Crippen LogP contribution in [0.15, 0.2) is 12.2 Å². The molecule has 28 heavy (non-hydrogen) atoms. The first kappa shape index (κ1) is 18.9. The minimum atomic E-state index is -0.172. The van der Waals surface area contributed by atoms with Crippen molar-refractivity contribution in [2.24, 2.45) is 35.0 Å². The fraction of sp³-hybridized carbons (Fsp3) is 0.840. The van der Waals surface area contributed by atoms with Gasteiger partial charge >= 0.3 is 0 Å². The zero-order valence-corrected chi connectivity index (χ0v) is 17.4. The molecule has 0 aromatic heterocycles. The minimum Gasteiger partial charge on any atom is -0.342 e. The van der Waals surface area contributed by atoms with Crippen LogP contribution in [0.3, 0.4) is 0 Å². The zero-order chi connectivity index (χ0) is 19.1. The van der Waals surface area contributed by atoms with Crippen molar-refractivity contribution < 1.29 is 9.59 Å². The number of carbonyl (C=O) groups excluding carboxylic acids is 2. The smallest absolute Gasteiger partial charge is 0.225 e. The van der Waals surface area contributed by atoms with Crippen molar-refractivity contribution in [2.75, 3.05) is 13.1 Å². The van der Waals surface area contributed by atoms with E-state index in [-0.39, 0.29) is 11.3 Å². The van der Waals surface area contributed by atoms with Crippen molar-refractivity contribution in [1.29, 1.82) is 0 Å². The Balaban J connectivity index is 1.17. The zero-order valence-electron chi connectivity index (χ0n) is 17.4. The Bertz CT molecular complexity index is 619. The molecule has 154 valence electrons. The second-order valence-corrected chi connectivity index (χ2v) is 10.6. The van der Waals surface area contributed by atoms with Crippen LogP contribution in [0.5, 0.6) is 0 Å². The van der Waals surface area contributed by atoms with E-state index < -0.39 is 0 Å². The molecule has 1 amide bonds. The fourth-order valence-electron chi connectivity index (χ4n) is 6.63. The summed E-state index contributed by atoms with van der Waals surface area (Å²) in [7, 11) is 0.